The third-order valence-electron chi connectivity index (χ3n) is 4.06. The van der Waals surface area contributed by atoms with Gasteiger partial charge in [-0.1, -0.05) is 24.3 Å². The van der Waals surface area contributed by atoms with Crippen LogP contribution in [0, 0.1) is 18.3 Å². The molecular formula is C15H16N2O. The van der Waals surface area contributed by atoms with E-state index in [9.17, 15) is 4.79 Å². The van der Waals surface area contributed by atoms with Crippen LogP contribution in [0.25, 0.3) is 0 Å². The Morgan fingerprint density at radius 3 is 2.89 bits per heavy atom. The van der Waals surface area contributed by atoms with E-state index < -0.39 is 0 Å². The molecule has 1 N–H and O–H groups in total. The summed E-state index contributed by atoms with van der Waals surface area (Å²) in [6, 6.07) is 7.79. The van der Waals surface area contributed by atoms with Crippen LogP contribution in [-0.4, -0.2) is 30.4 Å². The predicted molar refractivity (Wildman–Crippen MR) is 70.0 cm³/mol. The lowest BCUT2D eigenvalue weighted by molar-refractivity contribution is 0.105. The molecule has 0 spiro atoms. The summed E-state index contributed by atoms with van der Waals surface area (Å²) in [4.78, 5) is 11.4. The Kier molecular flexibility index (Phi) is 2.91. The Morgan fingerprint density at radius 1 is 1.39 bits per heavy atom. The number of carbonyl (C=O) groups excluding carboxylic acids is 1. The molecule has 18 heavy (non-hydrogen) atoms. The van der Waals surface area contributed by atoms with Crippen molar-refractivity contribution in [2.75, 3.05) is 19.6 Å². The van der Waals surface area contributed by atoms with Gasteiger partial charge in [0.2, 0.25) is 5.78 Å². The highest BCUT2D eigenvalue weighted by Gasteiger charge is 2.34. The van der Waals surface area contributed by atoms with Crippen molar-refractivity contribution >= 4 is 5.78 Å². The number of hydrogen-bond donors (Lipinski definition) is 1. The van der Waals surface area contributed by atoms with E-state index in [1.807, 2.05) is 24.3 Å². The van der Waals surface area contributed by atoms with Crippen LogP contribution < -0.4 is 5.43 Å². The van der Waals surface area contributed by atoms with Gasteiger partial charge in [0.25, 0.3) is 0 Å². The molecule has 3 heteroatoms. The van der Waals surface area contributed by atoms with Gasteiger partial charge >= 0.3 is 0 Å². The summed E-state index contributed by atoms with van der Waals surface area (Å²) < 4.78 is 0. The first-order valence-corrected chi connectivity index (χ1v) is 6.37. The van der Waals surface area contributed by atoms with Crippen LogP contribution in [0.1, 0.15) is 28.3 Å². The summed E-state index contributed by atoms with van der Waals surface area (Å²) in [6.07, 6.45) is 6.37. The van der Waals surface area contributed by atoms with E-state index in [2.05, 4.69) is 16.4 Å². The van der Waals surface area contributed by atoms with Gasteiger partial charge < -0.3 is 0 Å². The zero-order chi connectivity index (χ0) is 12.5. The molecule has 0 aliphatic carbocycles. The van der Waals surface area contributed by atoms with Gasteiger partial charge in [0.15, 0.2) is 0 Å². The molecule has 0 saturated carbocycles. The molecule has 2 bridgehead atoms. The summed E-state index contributed by atoms with van der Waals surface area (Å²) >= 11 is 0. The number of hydrogen-bond acceptors (Lipinski definition) is 3. The van der Waals surface area contributed by atoms with Crippen molar-refractivity contribution in [3.8, 4) is 12.3 Å². The molecule has 0 radical (unpaired) electrons. The van der Waals surface area contributed by atoms with E-state index in [0.717, 1.165) is 25.6 Å². The van der Waals surface area contributed by atoms with Crippen molar-refractivity contribution in [3.05, 3.63) is 35.4 Å². The molecule has 2 aliphatic rings. The predicted octanol–water partition coefficient (Wildman–Crippen LogP) is 1.43. The minimum absolute atomic E-state index is 0.240. The van der Waals surface area contributed by atoms with Crippen molar-refractivity contribution < 1.29 is 4.79 Å². The van der Waals surface area contributed by atoms with Crippen LogP contribution in [-0.2, 0) is 0 Å². The Labute approximate surface area is 107 Å². The van der Waals surface area contributed by atoms with Crippen LogP contribution in [0.15, 0.2) is 24.3 Å². The number of fused-ring (bicyclic) bond motifs is 2. The van der Waals surface area contributed by atoms with E-state index in [1.165, 1.54) is 12.0 Å². The highest BCUT2D eigenvalue weighted by atomic mass is 16.1. The van der Waals surface area contributed by atoms with Gasteiger partial charge in [0, 0.05) is 31.1 Å². The molecule has 0 aromatic heterocycles. The van der Waals surface area contributed by atoms with Gasteiger partial charge in [-0.3, -0.25) is 10.2 Å². The number of nitrogens with zero attached hydrogens (tertiary/aromatic N) is 1. The molecule has 2 aliphatic heterocycles. The Hall–Kier alpha value is -1.63. The maximum absolute atomic E-state index is 11.4. The SMILES string of the molecule is C#CC(=O)c1ccc(C2CNN3CCC2C3)cc1. The molecule has 3 unspecified atom stereocenters. The lowest BCUT2D eigenvalue weighted by Gasteiger charge is -2.31. The van der Waals surface area contributed by atoms with E-state index >= 15 is 0 Å². The summed E-state index contributed by atoms with van der Waals surface area (Å²) in [5.74, 6) is 3.20. The largest absolute Gasteiger partial charge is 0.279 e. The maximum Gasteiger partial charge on any atom is 0.235 e. The lowest BCUT2D eigenvalue weighted by Crippen LogP contribution is -2.44. The maximum atomic E-state index is 11.4. The van der Waals surface area contributed by atoms with Crippen molar-refractivity contribution in [1.82, 2.24) is 10.4 Å². The van der Waals surface area contributed by atoms with Gasteiger partial charge in [-0.2, -0.15) is 0 Å². The minimum Gasteiger partial charge on any atom is -0.279 e. The first-order chi connectivity index (χ1) is 8.78. The van der Waals surface area contributed by atoms with Crippen LogP contribution in [0.3, 0.4) is 0 Å². The highest BCUT2D eigenvalue weighted by molar-refractivity contribution is 6.08. The van der Waals surface area contributed by atoms with Gasteiger partial charge in [-0.15, -0.1) is 6.42 Å². The van der Waals surface area contributed by atoms with Gasteiger partial charge in [0.05, 0.1) is 0 Å². The fourth-order valence-corrected chi connectivity index (χ4v) is 3.01. The quantitative estimate of drug-likeness (QED) is 0.482. The third-order valence-corrected chi connectivity index (χ3v) is 4.06. The fourth-order valence-electron chi connectivity index (χ4n) is 3.01. The van der Waals surface area contributed by atoms with Gasteiger partial charge in [-0.25, -0.2) is 5.01 Å². The van der Waals surface area contributed by atoms with Crippen molar-refractivity contribution in [1.29, 1.82) is 0 Å². The molecule has 1 aromatic carbocycles. The van der Waals surface area contributed by atoms with Crippen molar-refractivity contribution in [2.45, 2.75) is 12.3 Å². The van der Waals surface area contributed by atoms with E-state index in [4.69, 9.17) is 6.42 Å². The van der Waals surface area contributed by atoms with E-state index in [0.29, 0.717) is 11.5 Å². The topological polar surface area (TPSA) is 32.3 Å². The average Bonchev–Trinajstić information content (AvgIpc) is 2.80. The zero-order valence-corrected chi connectivity index (χ0v) is 10.2. The summed E-state index contributed by atoms with van der Waals surface area (Å²) in [6.45, 7) is 3.28. The zero-order valence-electron chi connectivity index (χ0n) is 10.2. The summed E-state index contributed by atoms with van der Waals surface area (Å²) in [5, 5.41) is 2.30. The first-order valence-electron chi connectivity index (χ1n) is 6.37. The van der Waals surface area contributed by atoms with E-state index in [-0.39, 0.29) is 5.78 Å². The first kappa shape index (κ1) is 11.5. The summed E-state index contributed by atoms with van der Waals surface area (Å²) in [7, 11) is 0. The molecule has 0 amide bonds. The molecule has 3 atom stereocenters. The second-order valence-corrected chi connectivity index (χ2v) is 5.06. The van der Waals surface area contributed by atoms with Crippen LogP contribution in [0.2, 0.25) is 0 Å². The standard InChI is InChI=1S/C15H16N2O/c1-2-15(18)12-5-3-11(4-6-12)14-9-16-17-8-7-13(14)10-17/h1,3-6,13-14,16H,7-10H2. The minimum atomic E-state index is -0.240. The Bertz CT molecular complexity index is 500. The Morgan fingerprint density at radius 2 is 2.17 bits per heavy atom. The number of hydrazine groups is 1. The van der Waals surface area contributed by atoms with Crippen molar-refractivity contribution in [2.24, 2.45) is 5.92 Å². The number of Topliss-reactive ketones (excluding diaryl/α,β-unsaturated/α-hetero) is 1. The molecule has 1 aromatic rings. The van der Waals surface area contributed by atoms with Crippen molar-refractivity contribution in [3.63, 3.8) is 0 Å². The molecule has 2 saturated heterocycles. The second-order valence-electron chi connectivity index (χ2n) is 5.06. The molecule has 3 rings (SSSR count). The number of rotatable bonds is 2. The van der Waals surface area contributed by atoms with Gasteiger partial charge in [0.1, 0.15) is 0 Å². The molecular weight excluding hydrogens is 224 g/mol. The fraction of sp³-hybridized carbons (Fsp3) is 0.400. The lowest BCUT2D eigenvalue weighted by atomic mass is 9.84. The van der Waals surface area contributed by atoms with Crippen LogP contribution >= 0.6 is 0 Å². The van der Waals surface area contributed by atoms with Crippen LogP contribution in [0.5, 0.6) is 0 Å². The van der Waals surface area contributed by atoms with Crippen LogP contribution in [0.4, 0.5) is 0 Å². The third kappa shape index (κ3) is 1.94. The normalized spacial score (nSPS) is 29.8. The smallest absolute Gasteiger partial charge is 0.235 e. The molecule has 3 nitrogen and oxygen atoms in total. The van der Waals surface area contributed by atoms with Gasteiger partial charge in [-0.05, 0) is 23.8 Å². The average molecular weight is 240 g/mol. The number of terminal acetylenes is 1. The van der Waals surface area contributed by atoms with E-state index in [1.54, 1.807) is 0 Å². The monoisotopic (exact) mass is 240 g/mol. The Balaban J connectivity index is 1.81. The number of ketones is 1. The second kappa shape index (κ2) is 4.56. The number of carbonyl (C=O) groups is 1. The highest BCUT2D eigenvalue weighted by Crippen LogP contribution is 2.34. The number of nitrogens with one attached hydrogen (secondary N) is 1. The molecule has 2 fully saturated rings. The number of benzene rings is 1. The summed E-state index contributed by atoms with van der Waals surface area (Å²) in [5.41, 5.74) is 5.36. The molecule has 92 valence electrons. The molecule has 2 heterocycles.